The Labute approximate surface area is 176 Å². The molecule has 1 aromatic heterocycles. The molecule has 4 rings (SSSR count). The molecule has 3 aromatic rings. The zero-order chi connectivity index (χ0) is 20.9. The van der Waals surface area contributed by atoms with Crippen molar-refractivity contribution in [2.75, 3.05) is 45.3 Å². The summed E-state index contributed by atoms with van der Waals surface area (Å²) in [5.41, 5.74) is 4.04. The van der Waals surface area contributed by atoms with E-state index in [4.69, 9.17) is 14.5 Å². The zero-order valence-corrected chi connectivity index (χ0v) is 17.3. The fraction of sp³-hybridized carbons (Fsp3) is 0.292. The van der Waals surface area contributed by atoms with Gasteiger partial charge in [-0.05, 0) is 54.6 Å². The number of pyridine rings is 1. The van der Waals surface area contributed by atoms with E-state index in [9.17, 15) is 4.39 Å². The van der Waals surface area contributed by atoms with E-state index in [1.54, 1.807) is 14.2 Å². The first-order valence-corrected chi connectivity index (χ1v) is 10.1. The van der Waals surface area contributed by atoms with Crippen molar-refractivity contribution in [3.8, 4) is 22.9 Å². The Bertz CT molecular complexity index is 969. The molecule has 2 aromatic carbocycles. The molecule has 2 heterocycles. The molecule has 0 N–H and O–H groups in total. The van der Waals surface area contributed by atoms with Gasteiger partial charge in [-0.3, -0.25) is 4.90 Å². The minimum atomic E-state index is -0.199. The zero-order valence-electron chi connectivity index (χ0n) is 17.3. The lowest BCUT2D eigenvalue weighted by molar-refractivity contribution is 0.245. The van der Waals surface area contributed by atoms with Crippen molar-refractivity contribution in [3.05, 3.63) is 72.0 Å². The Balaban J connectivity index is 1.41. The molecule has 0 saturated carbocycles. The molecule has 1 saturated heterocycles. The van der Waals surface area contributed by atoms with Crippen LogP contribution in [0.15, 0.2) is 60.7 Å². The van der Waals surface area contributed by atoms with Crippen molar-refractivity contribution in [1.82, 2.24) is 9.88 Å². The molecule has 0 spiro atoms. The smallest absolute Gasteiger partial charge is 0.218 e. The first kappa shape index (κ1) is 20.2. The van der Waals surface area contributed by atoms with Crippen molar-refractivity contribution in [1.29, 1.82) is 0 Å². The lowest BCUT2D eigenvalue weighted by Gasteiger charge is -2.36. The Hall–Kier alpha value is -3.12. The summed E-state index contributed by atoms with van der Waals surface area (Å²) >= 11 is 0. The van der Waals surface area contributed by atoms with Crippen LogP contribution in [0.2, 0.25) is 0 Å². The summed E-state index contributed by atoms with van der Waals surface area (Å²) in [6, 6.07) is 18.7. The van der Waals surface area contributed by atoms with Crippen molar-refractivity contribution >= 4 is 5.69 Å². The van der Waals surface area contributed by atoms with Gasteiger partial charge in [0.2, 0.25) is 5.88 Å². The molecule has 0 radical (unpaired) electrons. The lowest BCUT2D eigenvalue weighted by atomic mass is 10.1. The quantitative estimate of drug-likeness (QED) is 0.611. The molecule has 1 aliphatic rings. The van der Waals surface area contributed by atoms with Crippen LogP contribution in [0.3, 0.4) is 0 Å². The van der Waals surface area contributed by atoms with E-state index in [1.165, 1.54) is 12.1 Å². The number of piperazine rings is 1. The van der Waals surface area contributed by atoms with Gasteiger partial charge in [-0.15, -0.1) is 0 Å². The van der Waals surface area contributed by atoms with Gasteiger partial charge in [-0.25, -0.2) is 9.37 Å². The van der Waals surface area contributed by atoms with Gasteiger partial charge in [0.25, 0.3) is 0 Å². The van der Waals surface area contributed by atoms with Gasteiger partial charge in [-0.2, -0.15) is 0 Å². The molecule has 1 aliphatic heterocycles. The number of hydrogen-bond acceptors (Lipinski definition) is 5. The average Bonchev–Trinajstić information content (AvgIpc) is 2.80. The highest BCUT2D eigenvalue weighted by molar-refractivity contribution is 5.61. The molecular formula is C24H26FN3O2. The Morgan fingerprint density at radius 2 is 1.53 bits per heavy atom. The Morgan fingerprint density at radius 1 is 0.833 bits per heavy atom. The Morgan fingerprint density at radius 3 is 2.17 bits per heavy atom. The van der Waals surface area contributed by atoms with E-state index >= 15 is 0 Å². The van der Waals surface area contributed by atoms with Gasteiger partial charge in [-0.1, -0.05) is 6.07 Å². The predicted molar refractivity (Wildman–Crippen MR) is 117 cm³/mol. The number of benzene rings is 2. The highest BCUT2D eigenvalue weighted by atomic mass is 19.1. The molecule has 5 nitrogen and oxygen atoms in total. The van der Waals surface area contributed by atoms with Crippen LogP contribution in [0.25, 0.3) is 11.3 Å². The third-order valence-electron chi connectivity index (χ3n) is 5.48. The van der Waals surface area contributed by atoms with Crippen molar-refractivity contribution in [2.45, 2.75) is 6.54 Å². The molecule has 0 aliphatic carbocycles. The van der Waals surface area contributed by atoms with Crippen LogP contribution >= 0.6 is 0 Å². The highest BCUT2D eigenvalue weighted by Crippen LogP contribution is 2.26. The third kappa shape index (κ3) is 4.54. The van der Waals surface area contributed by atoms with Gasteiger partial charge in [0, 0.05) is 49.5 Å². The van der Waals surface area contributed by atoms with Crippen LogP contribution in [-0.2, 0) is 6.54 Å². The minimum absolute atomic E-state index is 0.199. The van der Waals surface area contributed by atoms with E-state index < -0.39 is 0 Å². The molecule has 0 amide bonds. The van der Waals surface area contributed by atoms with Gasteiger partial charge < -0.3 is 14.4 Å². The number of anilines is 1. The fourth-order valence-corrected chi connectivity index (χ4v) is 3.75. The maximum atomic E-state index is 13.2. The molecular weight excluding hydrogens is 381 g/mol. The summed E-state index contributed by atoms with van der Waals surface area (Å²) in [5, 5.41) is 0. The normalized spacial score (nSPS) is 14.6. The maximum absolute atomic E-state index is 13.2. The molecule has 30 heavy (non-hydrogen) atoms. The van der Waals surface area contributed by atoms with E-state index in [1.807, 2.05) is 42.5 Å². The predicted octanol–water partition coefficient (Wildman–Crippen LogP) is 4.23. The number of aromatic nitrogens is 1. The second-order valence-corrected chi connectivity index (χ2v) is 7.33. The van der Waals surface area contributed by atoms with Crippen LogP contribution in [0, 0.1) is 5.82 Å². The first-order chi connectivity index (χ1) is 14.7. The molecule has 0 unspecified atom stereocenters. The summed E-state index contributed by atoms with van der Waals surface area (Å²) in [6.45, 7) is 4.47. The molecule has 156 valence electrons. The number of rotatable bonds is 6. The summed E-state index contributed by atoms with van der Waals surface area (Å²) < 4.78 is 24.0. The summed E-state index contributed by atoms with van der Waals surface area (Å²) in [6.07, 6.45) is 0. The van der Waals surface area contributed by atoms with Crippen LogP contribution in [0.1, 0.15) is 5.56 Å². The highest BCUT2D eigenvalue weighted by Gasteiger charge is 2.19. The van der Waals surface area contributed by atoms with Gasteiger partial charge in [0.05, 0.1) is 19.9 Å². The second-order valence-electron chi connectivity index (χ2n) is 7.33. The maximum Gasteiger partial charge on any atom is 0.218 e. The third-order valence-corrected chi connectivity index (χ3v) is 5.48. The fourth-order valence-electron chi connectivity index (χ4n) is 3.75. The van der Waals surface area contributed by atoms with E-state index in [-0.39, 0.29) is 5.82 Å². The molecule has 6 heteroatoms. The largest absolute Gasteiger partial charge is 0.497 e. The molecule has 1 fully saturated rings. The topological polar surface area (TPSA) is 37.8 Å². The number of nitrogens with zero attached hydrogens (tertiary/aromatic N) is 3. The average molecular weight is 407 g/mol. The van der Waals surface area contributed by atoms with E-state index in [0.29, 0.717) is 5.88 Å². The van der Waals surface area contributed by atoms with Crippen LogP contribution in [0.4, 0.5) is 10.1 Å². The van der Waals surface area contributed by atoms with Gasteiger partial charge in [0.15, 0.2) is 0 Å². The van der Waals surface area contributed by atoms with Gasteiger partial charge in [0.1, 0.15) is 11.6 Å². The second kappa shape index (κ2) is 9.13. The number of ether oxygens (including phenoxy) is 2. The van der Waals surface area contributed by atoms with E-state index in [2.05, 4.69) is 15.9 Å². The summed E-state index contributed by atoms with van der Waals surface area (Å²) in [4.78, 5) is 9.40. The number of methoxy groups -OCH3 is 2. The van der Waals surface area contributed by atoms with Crippen LogP contribution < -0.4 is 14.4 Å². The minimum Gasteiger partial charge on any atom is -0.497 e. The molecule has 0 atom stereocenters. The van der Waals surface area contributed by atoms with Crippen molar-refractivity contribution < 1.29 is 13.9 Å². The van der Waals surface area contributed by atoms with Crippen molar-refractivity contribution in [3.63, 3.8) is 0 Å². The summed E-state index contributed by atoms with van der Waals surface area (Å²) in [7, 11) is 3.32. The monoisotopic (exact) mass is 407 g/mol. The van der Waals surface area contributed by atoms with Crippen LogP contribution in [-0.4, -0.2) is 50.3 Å². The first-order valence-electron chi connectivity index (χ1n) is 10.1. The van der Waals surface area contributed by atoms with Gasteiger partial charge >= 0.3 is 0 Å². The Kier molecular flexibility index (Phi) is 6.14. The standard InChI is InChI=1S/C24H26FN3O2/c1-29-22-10-3-18(4-11-22)23-12-5-19(24(26-23)30-2)17-27-13-15-28(16-14-27)21-8-6-20(25)7-9-21/h3-12H,13-17H2,1-2H3. The summed E-state index contributed by atoms with van der Waals surface area (Å²) in [5.74, 6) is 1.28. The number of hydrogen-bond donors (Lipinski definition) is 0. The van der Waals surface area contributed by atoms with Crippen LogP contribution in [0.5, 0.6) is 11.6 Å². The van der Waals surface area contributed by atoms with E-state index in [0.717, 1.165) is 61.0 Å². The van der Waals surface area contributed by atoms with Crippen molar-refractivity contribution in [2.24, 2.45) is 0 Å². The molecule has 0 bridgehead atoms. The SMILES string of the molecule is COc1ccc(-c2ccc(CN3CCN(c4ccc(F)cc4)CC3)c(OC)n2)cc1. The number of halogens is 1. The lowest BCUT2D eigenvalue weighted by Crippen LogP contribution is -2.46.